The van der Waals surface area contributed by atoms with Gasteiger partial charge in [0.2, 0.25) is 6.10 Å². The van der Waals surface area contributed by atoms with Gasteiger partial charge in [-0.15, -0.1) is 0 Å². The molecule has 0 spiro atoms. The Morgan fingerprint density at radius 1 is 1.24 bits per heavy atom. The number of nitriles is 1. The maximum absolute atomic E-state index is 11.9. The van der Waals surface area contributed by atoms with Gasteiger partial charge < -0.3 is 19.5 Å². The lowest BCUT2D eigenvalue weighted by Crippen LogP contribution is -2.46. The molecule has 0 aromatic heterocycles. The molecule has 34 heavy (non-hydrogen) atoms. The summed E-state index contributed by atoms with van der Waals surface area (Å²) < 4.78 is 17.9. The van der Waals surface area contributed by atoms with Crippen LogP contribution in [0.15, 0.2) is 36.4 Å². The average molecular weight is 483 g/mol. The predicted molar refractivity (Wildman–Crippen MR) is 131 cm³/mol. The highest BCUT2D eigenvalue weighted by Crippen LogP contribution is 2.42. The van der Waals surface area contributed by atoms with Crippen molar-refractivity contribution in [1.29, 1.82) is 5.26 Å². The second-order valence-corrected chi connectivity index (χ2v) is 9.68. The zero-order valence-corrected chi connectivity index (χ0v) is 20.8. The van der Waals surface area contributed by atoms with Crippen molar-refractivity contribution in [3.8, 4) is 11.8 Å². The van der Waals surface area contributed by atoms with Crippen LogP contribution in [0.25, 0.3) is 0 Å². The normalized spacial score (nSPS) is 28.1. The highest BCUT2D eigenvalue weighted by molar-refractivity contribution is 6.31. The molecule has 2 aliphatic rings. The molecule has 2 aliphatic heterocycles. The van der Waals surface area contributed by atoms with Crippen molar-refractivity contribution in [1.82, 2.24) is 0 Å². The Morgan fingerprint density at radius 2 is 2.03 bits per heavy atom. The molecule has 1 N–H and O–H groups in total. The van der Waals surface area contributed by atoms with Crippen LogP contribution in [0.4, 0.5) is 5.69 Å². The van der Waals surface area contributed by atoms with E-state index in [2.05, 4.69) is 38.2 Å². The van der Waals surface area contributed by atoms with Gasteiger partial charge >= 0.3 is 5.97 Å². The van der Waals surface area contributed by atoms with E-state index in [1.165, 1.54) is 6.92 Å². The fraction of sp³-hybridized carbons (Fsp3) is 0.481. The highest BCUT2D eigenvalue weighted by Gasteiger charge is 2.43. The molecule has 0 saturated carbocycles. The summed E-state index contributed by atoms with van der Waals surface area (Å²) in [5, 5.41) is 13.0. The molecular weight excluding hydrogens is 452 g/mol. The van der Waals surface area contributed by atoms with Crippen LogP contribution in [-0.4, -0.2) is 30.8 Å². The first kappa shape index (κ1) is 24.4. The lowest BCUT2D eigenvalue weighted by Gasteiger charge is -2.44. The van der Waals surface area contributed by atoms with Gasteiger partial charge in [0.1, 0.15) is 24.0 Å². The van der Waals surface area contributed by atoms with Crippen molar-refractivity contribution in [2.24, 2.45) is 11.8 Å². The van der Waals surface area contributed by atoms with Gasteiger partial charge in [-0.25, -0.2) is 0 Å². The summed E-state index contributed by atoms with van der Waals surface area (Å²) in [5.41, 5.74) is 3.86. The van der Waals surface area contributed by atoms with E-state index >= 15 is 0 Å². The number of anilines is 1. The molecule has 4 rings (SSSR count). The van der Waals surface area contributed by atoms with E-state index in [1.54, 1.807) is 0 Å². The van der Waals surface area contributed by atoms with Crippen LogP contribution >= 0.6 is 11.6 Å². The van der Waals surface area contributed by atoms with Crippen LogP contribution in [-0.2, 0) is 20.7 Å². The minimum absolute atomic E-state index is 0.0925. The lowest BCUT2D eigenvalue weighted by molar-refractivity contribution is -0.196. The Kier molecular flexibility index (Phi) is 7.35. The largest absolute Gasteiger partial charge is 0.472 e. The molecule has 2 aromatic carbocycles. The van der Waals surface area contributed by atoms with Crippen LogP contribution in [0.1, 0.15) is 56.9 Å². The molecule has 2 heterocycles. The number of ether oxygens (including phenoxy) is 3. The molecule has 0 aliphatic carbocycles. The van der Waals surface area contributed by atoms with Gasteiger partial charge in [0.05, 0.1) is 18.3 Å². The van der Waals surface area contributed by atoms with Crippen molar-refractivity contribution < 1.29 is 19.0 Å². The van der Waals surface area contributed by atoms with Gasteiger partial charge in [-0.1, -0.05) is 50.6 Å². The Labute approximate surface area is 206 Å². The number of rotatable bonds is 5. The third-order valence-corrected chi connectivity index (χ3v) is 7.35. The first-order chi connectivity index (χ1) is 16.3. The molecule has 180 valence electrons. The lowest BCUT2D eigenvalue weighted by atomic mass is 9.78. The summed E-state index contributed by atoms with van der Waals surface area (Å²) in [4.78, 5) is 11.9. The maximum atomic E-state index is 11.9. The van der Waals surface area contributed by atoms with Gasteiger partial charge in [-0.05, 0) is 53.6 Å². The van der Waals surface area contributed by atoms with Gasteiger partial charge in [-0.2, -0.15) is 5.26 Å². The molecule has 7 heteroatoms. The summed E-state index contributed by atoms with van der Waals surface area (Å²) >= 11 is 6.59. The highest BCUT2D eigenvalue weighted by atomic mass is 35.5. The standard InChI is InChI=1S/C27H31ClN2O4/c1-5-24-15(2)16(3)26(32-17(4)31)27(34-24)19-7-8-22(28)20(12-19)10-18-6-9-25-23(11-18)30-14-21(13-29)33-25/h6-9,11-12,15-16,21,24,26-27,30H,5,10,14H2,1-4H3/t15-,16-,21?,24+,26+,27-/m0/s1. The van der Waals surface area contributed by atoms with Crippen LogP contribution < -0.4 is 10.1 Å². The average Bonchev–Trinajstić information content (AvgIpc) is 2.83. The molecule has 0 bridgehead atoms. The second-order valence-electron chi connectivity index (χ2n) is 9.27. The molecule has 1 saturated heterocycles. The first-order valence-corrected chi connectivity index (χ1v) is 12.2. The van der Waals surface area contributed by atoms with Crippen LogP contribution in [0.2, 0.25) is 5.02 Å². The Hall–Kier alpha value is -2.75. The van der Waals surface area contributed by atoms with Crippen LogP contribution in [0.5, 0.6) is 5.75 Å². The Bertz CT molecular complexity index is 1100. The summed E-state index contributed by atoms with van der Waals surface area (Å²) in [5.74, 6) is 0.818. The monoisotopic (exact) mass is 482 g/mol. The van der Waals surface area contributed by atoms with Crippen molar-refractivity contribution in [3.05, 3.63) is 58.1 Å². The molecule has 0 amide bonds. The fourth-order valence-electron chi connectivity index (χ4n) is 4.92. The molecule has 6 nitrogen and oxygen atoms in total. The molecular formula is C27H31ClN2O4. The molecule has 2 aromatic rings. The third kappa shape index (κ3) is 5.01. The molecule has 0 radical (unpaired) electrons. The molecule has 1 unspecified atom stereocenters. The number of benzene rings is 2. The quantitative estimate of drug-likeness (QED) is 0.552. The van der Waals surface area contributed by atoms with Gasteiger partial charge in [0.25, 0.3) is 0 Å². The summed E-state index contributed by atoms with van der Waals surface area (Å²) in [6.45, 7) is 8.31. The maximum Gasteiger partial charge on any atom is 0.303 e. The Balaban J connectivity index is 1.61. The van der Waals surface area contributed by atoms with Crippen LogP contribution in [0, 0.1) is 23.2 Å². The topological polar surface area (TPSA) is 80.6 Å². The van der Waals surface area contributed by atoms with Crippen molar-refractivity contribution >= 4 is 23.3 Å². The van der Waals surface area contributed by atoms with Crippen molar-refractivity contribution in [3.63, 3.8) is 0 Å². The smallest absolute Gasteiger partial charge is 0.303 e. The molecule has 1 fully saturated rings. The van der Waals surface area contributed by atoms with Crippen LogP contribution in [0.3, 0.4) is 0 Å². The van der Waals surface area contributed by atoms with Crippen molar-refractivity contribution in [2.45, 2.75) is 65.0 Å². The van der Waals surface area contributed by atoms with E-state index in [0.717, 1.165) is 28.8 Å². The van der Waals surface area contributed by atoms with E-state index in [0.29, 0.717) is 23.7 Å². The number of nitrogens with zero attached hydrogens (tertiary/aromatic N) is 1. The number of esters is 1. The zero-order chi connectivity index (χ0) is 24.4. The number of carbonyl (C=O) groups is 1. The minimum Gasteiger partial charge on any atom is -0.472 e. The first-order valence-electron chi connectivity index (χ1n) is 11.8. The van der Waals surface area contributed by atoms with E-state index in [9.17, 15) is 4.79 Å². The number of nitrogens with one attached hydrogen (secondary N) is 1. The molecule has 6 atom stereocenters. The van der Waals surface area contributed by atoms with Gasteiger partial charge in [-0.3, -0.25) is 4.79 Å². The van der Waals surface area contributed by atoms with E-state index in [1.807, 2.05) is 30.3 Å². The predicted octanol–water partition coefficient (Wildman–Crippen LogP) is 5.68. The SMILES string of the molecule is CC[C@H]1O[C@@H](c2ccc(Cl)c(Cc3ccc4c(c3)NCC(C#N)O4)c2)[C@H](OC(C)=O)[C@@H](C)[C@@H]1C. The van der Waals surface area contributed by atoms with Crippen molar-refractivity contribution in [2.75, 3.05) is 11.9 Å². The zero-order valence-electron chi connectivity index (χ0n) is 20.0. The summed E-state index contributed by atoms with van der Waals surface area (Å²) in [6.07, 6.45) is 0.418. The number of hydrogen-bond donors (Lipinski definition) is 1. The van der Waals surface area contributed by atoms with Gasteiger partial charge in [0.15, 0.2) is 0 Å². The second kappa shape index (κ2) is 10.2. The number of carbonyl (C=O) groups excluding carboxylic acids is 1. The third-order valence-electron chi connectivity index (χ3n) is 6.99. The number of halogens is 1. The number of hydrogen-bond acceptors (Lipinski definition) is 6. The van der Waals surface area contributed by atoms with E-state index in [-0.39, 0.29) is 36.1 Å². The van der Waals surface area contributed by atoms with Gasteiger partial charge in [0, 0.05) is 17.9 Å². The van der Waals surface area contributed by atoms with E-state index in [4.69, 9.17) is 31.1 Å². The summed E-state index contributed by atoms with van der Waals surface area (Å²) in [7, 11) is 0. The fourth-order valence-corrected chi connectivity index (χ4v) is 5.11. The van der Waals surface area contributed by atoms with E-state index < -0.39 is 6.10 Å². The number of fused-ring (bicyclic) bond motifs is 1. The Morgan fingerprint density at radius 3 is 2.74 bits per heavy atom. The summed E-state index contributed by atoms with van der Waals surface area (Å²) in [6, 6.07) is 13.9. The minimum atomic E-state index is -0.484.